The number of aryl methyl sites for hydroxylation is 1. The predicted molar refractivity (Wildman–Crippen MR) is 93.0 cm³/mol. The molecule has 1 aromatic carbocycles. The molecule has 0 unspecified atom stereocenters. The highest BCUT2D eigenvalue weighted by Crippen LogP contribution is 2.38. The van der Waals surface area contributed by atoms with E-state index in [9.17, 15) is 13.5 Å². The molecule has 0 saturated heterocycles. The fourth-order valence-corrected chi connectivity index (χ4v) is 5.39. The van der Waals surface area contributed by atoms with E-state index in [2.05, 4.69) is 0 Å². The van der Waals surface area contributed by atoms with E-state index in [4.69, 9.17) is 0 Å². The normalized spacial score (nSPS) is 23.4. The van der Waals surface area contributed by atoms with Crippen molar-refractivity contribution >= 4 is 10.0 Å². The quantitative estimate of drug-likeness (QED) is 0.922. The molecule has 2 atom stereocenters. The van der Waals surface area contributed by atoms with Gasteiger partial charge in [0.25, 0.3) is 0 Å². The molecule has 1 aliphatic rings. The zero-order valence-electron chi connectivity index (χ0n) is 14.3. The molecule has 1 aromatic heterocycles. The van der Waals surface area contributed by atoms with Crippen LogP contribution in [0.1, 0.15) is 31.2 Å². The topological polar surface area (TPSA) is 62.5 Å². The van der Waals surface area contributed by atoms with Crippen LogP contribution in [0.4, 0.5) is 0 Å². The second-order valence-corrected chi connectivity index (χ2v) is 8.69. The Kier molecular flexibility index (Phi) is 4.55. The van der Waals surface area contributed by atoms with Crippen molar-refractivity contribution in [3.8, 4) is 0 Å². The first-order chi connectivity index (χ1) is 11.3. The molecule has 0 bridgehead atoms. The lowest BCUT2D eigenvalue weighted by Gasteiger charge is -2.40. The zero-order chi connectivity index (χ0) is 17.5. The predicted octanol–water partition coefficient (Wildman–Crippen LogP) is 2.33. The van der Waals surface area contributed by atoms with Crippen LogP contribution in [0.5, 0.6) is 0 Å². The number of rotatable bonds is 4. The highest BCUT2D eigenvalue weighted by molar-refractivity contribution is 7.89. The summed E-state index contributed by atoms with van der Waals surface area (Å²) in [6, 6.07) is 10.2. The summed E-state index contributed by atoms with van der Waals surface area (Å²) in [5, 5.41) is 10.9. The zero-order valence-corrected chi connectivity index (χ0v) is 15.1. The number of benzene rings is 1. The molecule has 0 spiro atoms. The lowest BCUT2D eigenvalue weighted by molar-refractivity contribution is 0.0745. The molecule has 1 N–H and O–H groups in total. The van der Waals surface area contributed by atoms with Gasteiger partial charge in [-0.2, -0.15) is 4.31 Å². The van der Waals surface area contributed by atoms with Crippen molar-refractivity contribution < 1.29 is 13.5 Å². The monoisotopic (exact) mass is 348 g/mol. The summed E-state index contributed by atoms with van der Waals surface area (Å²) in [4.78, 5) is 0.223. The number of fused-ring (bicyclic) bond motifs is 1. The van der Waals surface area contributed by atoms with E-state index < -0.39 is 22.2 Å². The average molecular weight is 348 g/mol. The first-order valence-corrected chi connectivity index (χ1v) is 9.65. The molecular weight excluding hydrogens is 324 g/mol. The Morgan fingerprint density at radius 3 is 2.50 bits per heavy atom. The average Bonchev–Trinajstić information content (AvgIpc) is 2.93. The van der Waals surface area contributed by atoms with Gasteiger partial charge in [0.1, 0.15) is 0 Å². The fourth-order valence-electron chi connectivity index (χ4n) is 3.36. The van der Waals surface area contributed by atoms with Gasteiger partial charge in [0, 0.05) is 37.5 Å². The van der Waals surface area contributed by atoms with Crippen LogP contribution in [0.2, 0.25) is 0 Å². The number of aromatic nitrogens is 1. The maximum absolute atomic E-state index is 13.1. The van der Waals surface area contributed by atoms with E-state index in [0.717, 1.165) is 5.69 Å². The van der Waals surface area contributed by atoms with E-state index in [1.54, 1.807) is 24.3 Å². The summed E-state index contributed by atoms with van der Waals surface area (Å²) in [6.45, 7) is 4.37. The number of sulfonamides is 1. The second kappa shape index (κ2) is 6.35. The lowest BCUT2D eigenvalue weighted by Crippen LogP contribution is -2.50. The molecule has 0 radical (unpaired) electrons. The van der Waals surface area contributed by atoms with Crippen LogP contribution in [0, 0.1) is 5.92 Å². The van der Waals surface area contributed by atoms with E-state index >= 15 is 0 Å². The molecular formula is C18H24N2O3S. The lowest BCUT2D eigenvalue weighted by atomic mass is 9.97. The summed E-state index contributed by atoms with van der Waals surface area (Å²) in [7, 11) is -1.68. The van der Waals surface area contributed by atoms with Crippen LogP contribution in [0.25, 0.3) is 0 Å². The Bertz CT molecular complexity index is 826. The first kappa shape index (κ1) is 17.2. The Morgan fingerprint density at radius 1 is 1.17 bits per heavy atom. The van der Waals surface area contributed by atoms with Crippen LogP contribution in [-0.2, 0) is 23.5 Å². The molecule has 3 rings (SSSR count). The Balaban J connectivity index is 2.09. The number of hydrogen-bond acceptors (Lipinski definition) is 3. The molecule has 1 aliphatic heterocycles. The maximum atomic E-state index is 13.1. The molecule has 6 heteroatoms. The van der Waals surface area contributed by atoms with Crippen molar-refractivity contribution in [3.63, 3.8) is 0 Å². The van der Waals surface area contributed by atoms with Crippen LogP contribution in [-0.4, -0.2) is 35.0 Å². The van der Waals surface area contributed by atoms with Crippen LogP contribution in [0.15, 0.2) is 47.5 Å². The van der Waals surface area contributed by atoms with Gasteiger partial charge in [-0.15, -0.1) is 0 Å². The summed E-state index contributed by atoms with van der Waals surface area (Å²) >= 11 is 0. The van der Waals surface area contributed by atoms with Crippen LogP contribution < -0.4 is 0 Å². The minimum absolute atomic E-state index is 0.174. The van der Waals surface area contributed by atoms with Gasteiger partial charge in [-0.1, -0.05) is 32.0 Å². The Morgan fingerprint density at radius 2 is 1.88 bits per heavy atom. The highest BCUT2D eigenvalue weighted by Gasteiger charge is 2.43. The van der Waals surface area contributed by atoms with Crippen molar-refractivity contribution in [2.75, 3.05) is 6.54 Å². The summed E-state index contributed by atoms with van der Waals surface area (Å²) in [5.74, 6) is 0.174. The smallest absolute Gasteiger partial charge is 0.243 e. The van der Waals surface area contributed by atoms with Gasteiger partial charge in [-0.3, -0.25) is 0 Å². The minimum Gasteiger partial charge on any atom is -0.387 e. The molecule has 0 fully saturated rings. The van der Waals surface area contributed by atoms with E-state index in [1.165, 1.54) is 4.31 Å². The van der Waals surface area contributed by atoms with E-state index in [1.807, 2.05) is 43.8 Å². The maximum Gasteiger partial charge on any atom is 0.243 e. The van der Waals surface area contributed by atoms with Gasteiger partial charge in [-0.25, -0.2) is 8.42 Å². The van der Waals surface area contributed by atoms with E-state index in [0.29, 0.717) is 18.5 Å². The van der Waals surface area contributed by atoms with Gasteiger partial charge in [-0.05, 0) is 24.1 Å². The van der Waals surface area contributed by atoms with Gasteiger partial charge in [0.15, 0.2) is 0 Å². The SMILES string of the molecule is CC(C)CN1[C@@H](Cc2cccn2C)[C@@H](O)c2ccccc2S1(=O)=O. The third-order valence-corrected chi connectivity index (χ3v) is 6.54. The standard InChI is InChI=1S/C18H24N2O3S/c1-13(2)12-20-16(11-14-7-6-10-19(14)3)18(21)15-8-4-5-9-17(15)24(20,22)23/h4-10,13,16,18,21H,11-12H2,1-3H3/t16-,18-/m0/s1. The molecule has 2 heterocycles. The van der Waals surface area contributed by atoms with Crippen molar-refractivity contribution in [3.05, 3.63) is 53.9 Å². The van der Waals surface area contributed by atoms with Crippen LogP contribution in [0.3, 0.4) is 0 Å². The van der Waals surface area contributed by atoms with Gasteiger partial charge in [0.05, 0.1) is 17.0 Å². The largest absolute Gasteiger partial charge is 0.387 e. The summed E-state index contributed by atoms with van der Waals surface area (Å²) in [6.07, 6.45) is 1.57. The molecule has 0 aliphatic carbocycles. The summed E-state index contributed by atoms with van der Waals surface area (Å²) in [5.41, 5.74) is 1.50. The molecule has 0 amide bonds. The van der Waals surface area contributed by atoms with Gasteiger partial charge in [0.2, 0.25) is 10.0 Å². The van der Waals surface area contributed by atoms with Crippen molar-refractivity contribution in [1.29, 1.82) is 0 Å². The second-order valence-electron chi connectivity index (χ2n) is 6.83. The summed E-state index contributed by atoms with van der Waals surface area (Å²) < 4.78 is 29.7. The van der Waals surface area contributed by atoms with Crippen LogP contribution >= 0.6 is 0 Å². The molecule has 5 nitrogen and oxygen atoms in total. The van der Waals surface area contributed by atoms with Gasteiger partial charge < -0.3 is 9.67 Å². The Hall–Kier alpha value is -1.63. The molecule has 0 saturated carbocycles. The Labute approximate surface area is 143 Å². The van der Waals surface area contributed by atoms with Gasteiger partial charge >= 0.3 is 0 Å². The fraction of sp³-hybridized carbons (Fsp3) is 0.444. The van der Waals surface area contributed by atoms with Crippen molar-refractivity contribution in [2.24, 2.45) is 13.0 Å². The first-order valence-electron chi connectivity index (χ1n) is 8.21. The highest BCUT2D eigenvalue weighted by atomic mass is 32.2. The van der Waals surface area contributed by atoms with Crippen molar-refractivity contribution in [1.82, 2.24) is 8.87 Å². The number of aliphatic hydroxyl groups is 1. The minimum atomic E-state index is -3.61. The molecule has 2 aromatic rings. The van der Waals surface area contributed by atoms with Crippen molar-refractivity contribution in [2.45, 2.75) is 37.3 Å². The third kappa shape index (κ3) is 2.90. The van der Waals surface area contributed by atoms with E-state index in [-0.39, 0.29) is 10.8 Å². The molecule has 130 valence electrons. The third-order valence-electron chi connectivity index (χ3n) is 4.57. The number of aliphatic hydroxyl groups excluding tert-OH is 1. The molecule has 24 heavy (non-hydrogen) atoms. The number of nitrogens with zero attached hydrogens (tertiary/aromatic N) is 2. The number of hydrogen-bond donors (Lipinski definition) is 1.